The second-order valence-electron chi connectivity index (χ2n) is 8.48. The van der Waals surface area contributed by atoms with E-state index in [1.807, 2.05) is 40.6 Å². The van der Waals surface area contributed by atoms with Gasteiger partial charge in [0.25, 0.3) is 5.91 Å². The predicted octanol–water partition coefficient (Wildman–Crippen LogP) is 3.44. The second kappa shape index (κ2) is 8.46. The highest BCUT2D eigenvalue weighted by atomic mass is 32.1. The molecule has 3 aromatic rings. The van der Waals surface area contributed by atoms with Crippen LogP contribution in [-0.2, 0) is 6.42 Å². The van der Waals surface area contributed by atoms with E-state index in [0.717, 1.165) is 66.9 Å². The minimum atomic E-state index is -0.316. The van der Waals surface area contributed by atoms with Crippen molar-refractivity contribution in [1.82, 2.24) is 14.8 Å². The number of hydrogen-bond acceptors (Lipinski definition) is 5. The molecule has 1 N–H and O–H groups in total. The van der Waals surface area contributed by atoms with Gasteiger partial charge in [-0.15, -0.1) is 11.3 Å². The summed E-state index contributed by atoms with van der Waals surface area (Å²) in [5.41, 5.74) is 2.07. The molecule has 156 valence electrons. The summed E-state index contributed by atoms with van der Waals surface area (Å²) in [6, 6.07) is 16.7. The van der Waals surface area contributed by atoms with Crippen LogP contribution in [-0.4, -0.2) is 64.1 Å². The van der Waals surface area contributed by atoms with Gasteiger partial charge in [0.05, 0.1) is 16.5 Å². The summed E-state index contributed by atoms with van der Waals surface area (Å²) in [6.07, 6.45) is 2.44. The van der Waals surface area contributed by atoms with E-state index in [1.165, 1.54) is 11.3 Å². The third kappa shape index (κ3) is 4.00. The number of β-amino-alcohol motifs (C(OH)–C–C–N with tert-alkyl or cyclic N) is 1. The third-order valence-corrected chi connectivity index (χ3v) is 7.42. The summed E-state index contributed by atoms with van der Waals surface area (Å²) in [6.45, 7) is 3.22. The zero-order valence-electron chi connectivity index (χ0n) is 17.0. The topological polar surface area (TPSA) is 56.7 Å². The van der Waals surface area contributed by atoms with Crippen LogP contribution in [0.1, 0.15) is 28.2 Å². The summed E-state index contributed by atoms with van der Waals surface area (Å²) in [4.78, 5) is 22.6. The minimum Gasteiger partial charge on any atom is -0.391 e. The van der Waals surface area contributed by atoms with Gasteiger partial charge in [-0.25, -0.2) is 0 Å². The first-order valence-corrected chi connectivity index (χ1v) is 11.6. The molecular weight excluding hydrogens is 394 g/mol. The van der Waals surface area contributed by atoms with Crippen molar-refractivity contribution in [3.8, 4) is 0 Å². The molecule has 30 heavy (non-hydrogen) atoms. The van der Waals surface area contributed by atoms with E-state index < -0.39 is 0 Å². The van der Waals surface area contributed by atoms with Gasteiger partial charge in [0.2, 0.25) is 0 Å². The summed E-state index contributed by atoms with van der Waals surface area (Å²) >= 11 is 1.51. The number of amides is 1. The molecule has 5 nitrogen and oxygen atoms in total. The standard InChI is InChI=1S/C24H27N3O2S/c28-22-16-27(20-9-11-26(12-10-20)24(29)23-6-3-13-30-23)15-18(22)14-19-8-7-17-4-1-2-5-21(17)25-19/h1-8,13,18,20,22,28H,9-12,14-16H2. The quantitative estimate of drug-likeness (QED) is 0.701. The van der Waals surface area contributed by atoms with Crippen LogP contribution in [0.15, 0.2) is 53.9 Å². The van der Waals surface area contributed by atoms with Crippen LogP contribution in [0.2, 0.25) is 0 Å². The molecule has 2 atom stereocenters. The van der Waals surface area contributed by atoms with Crippen molar-refractivity contribution >= 4 is 28.1 Å². The summed E-state index contributed by atoms with van der Waals surface area (Å²) in [5.74, 6) is 0.370. The Morgan fingerprint density at radius 3 is 2.70 bits per heavy atom. The van der Waals surface area contributed by atoms with Gasteiger partial charge in [-0.05, 0) is 42.8 Å². The first-order valence-electron chi connectivity index (χ1n) is 10.8. The normalized spacial score (nSPS) is 23.3. The maximum absolute atomic E-state index is 12.6. The van der Waals surface area contributed by atoms with E-state index in [1.54, 1.807) is 0 Å². The molecule has 0 bridgehead atoms. The van der Waals surface area contributed by atoms with Crippen LogP contribution in [0.25, 0.3) is 10.9 Å². The number of benzene rings is 1. The number of aromatic nitrogens is 1. The van der Waals surface area contributed by atoms with Gasteiger partial charge in [0, 0.05) is 49.2 Å². The first-order chi connectivity index (χ1) is 14.7. The highest BCUT2D eigenvalue weighted by Gasteiger charge is 2.37. The smallest absolute Gasteiger partial charge is 0.263 e. The zero-order chi connectivity index (χ0) is 20.5. The molecule has 0 spiro atoms. The van der Waals surface area contributed by atoms with Gasteiger partial charge >= 0.3 is 0 Å². The molecule has 2 aliphatic rings. The van der Waals surface area contributed by atoms with Crippen molar-refractivity contribution in [1.29, 1.82) is 0 Å². The molecule has 1 amide bonds. The Kier molecular flexibility index (Phi) is 5.54. The molecule has 0 aliphatic carbocycles. The summed E-state index contributed by atoms with van der Waals surface area (Å²) < 4.78 is 0. The SMILES string of the molecule is O=C(c1cccs1)N1CCC(N2CC(O)C(Cc3ccc4ccccc4n3)C2)CC1. The fourth-order valence-electron chi connectivity index (χ4n) is 4.87. The zero-order valence-corrected chi connectivity index (χ0v) is 17.8. The Hall–Kier alpha value is -2.28. The summed E-state index contributed by atoms with van der Waals surface area (Å²) in [7, 11) is 0. The number of carbonyl (C=O) groups is 1. The number of rotatable bonds is 4. The third-order valence-electron chi connectivity index (χ3n) is 6.56. The number of aliphatic hydroxyl groups excluding tert-OH is 1. The van der Waals surface area contributed by atoms with Crippen molar-refractivity contribution < 1.29 is 9.90 Å². The summed E-state index contributed by atoms with van der Waals surface area (Å²) in [5, 5.41) is 13.8. The fraction of sp³-hybridized carbons (Fsp3) is 0.417. The highest BCUT2D eigenvalue weighted by Crippen LogP contribution is 2.28. The number of thiophene rings is 1. The molecular formula is C24H27N3O2S. The van der Waals surface area contributed by atoms with Crippen molar-refractivity contribution in [2.75, 3.05) is 26.2 Å². The average Bonchev–Trinajstić information content (AvgIpc) is 3.44. The van der Waals surface area contributed by atoms with Crippen LogP contribution >= 0.6 is 11.3 Å². The van der Waals surface area contributed by atoms with Crippen molar-refractivity contribution in [2.45, 2.75) is 31.4 Å². The lowest BCUT2D eigenvalue weighted by atomic mass is 9.99. The Bertz CT molecular complexity index is 1010. The number of piperidine rings is 1. The number of pyridine rings is 1. The first kappa shape index (κ1) is 19.7. The van der Waals surface area contributed by atoms with Crippen LogP contribution in [0, 0.1) is 5.92 Å². The predicted molar refractivity (Wildman–Crippen MR) is 120 cm³/mol. The fourth-order valence-corrected chi connectivity index (χ4v) is 5.56. The lowest BCUT2D eigenvalue weighted by Gasteiger charge is -2.36. The molecule has 2 unspecified atom stereocenters. The lowest BCUT2D eigenvalue weighted by molar-refractivity contribution is 0.0632. The van der Waals surface area contributed by atoms with Gasteiger partial charge in [0.15, 0.2) is 0 Å². The minimum absolute atomic E-state index is 0.158. The Morgan fingerprint density at radius 2 is 1.90 bits per heavy atom. The molecule has 2 aromatic heterocycles. The Balaban J connectivity index is 1.18. The number of nitrogens with zero attached hydrogens (tertiary/aromatic N) is 3. The van der Waals surface area contributed by atoms with Crippen molar-refractivity contribution in [3.05, 3.63) is 64.5 Å². The van der Waals surface area contributed by atoms with Gasteiger partial charge in [-0.2, -0.15) is 0 Å². The van der Waals surface area contributed by atoms with Gasteiger partial charge in [-0.1, -0.05) is 30.3 Å². The number of para-hydroxylation sites is 1. The highest BCUT2D eigenvalue weighted by molar-refractivity contribution is 7.12. The van der Waals surface area contributed by atoms with E-state index >= 15 is 0 Å². The maximum atomic E-state index is 12.6. The molecule has 5 rings (SSSR count). The Labute approximate surface area is 181 Å². The van der Waals surface area contributed by atoms with Crippen molar-refractivity contribution in [3.63, 3.8) is 0 Å². The average molecular weight is 422 g/mol. The van der Waals surface area contributed by atoms with Gasteiger partial charge in [-0.3, -0.25) is 14.7 Å². The van der Waals surface area contributed by atoms with Crippen LogP contribution in [0.3, 0.4) is 0 Å². The van der Waals surface area contributed by atoms with Crippen LogP contribution < -0.4 is 0 Å². The van der Waals surface area contributed by atoms with E-state index in [-0.39, 0.29) is 17.9 Å². The molecule has 6 heteroatoms. The molecule has 2 saturated heterocycles. The molecule has 1 aromatic carbocycles. The van der Waals surface area contributed by atoms with Crippen LogP contribution in [0.4, 0.5) is 0 Å². The molecule has 2 fully saturated rings. The molecule has 0 saturated carbocycles. The largest absolute Gasteiger partial charge is 0.391 e. The Morgan fingerprint density at radius 1 is 1.07 bits per heavy atom. The number of likely N-dealkylation sites (tertiary alicyclic amines) is 2. The van der Waals surface area contributed by atoms with E-state index in [4.69, 9.17) is 4.98 Å². The molecule has 4 heterocycles. The number of aliphatic hydroxyl groups is 1. The lowest BCUT2D eigenvalue weighted by Crippen LogP contribution is -2.46. The number of fused-ring (bicyclic) bond motifs is 1. The maximum Gasteiger partial charge on any atom is 0.263 e. The van der Waals surface area contributed by atoms with E-state index in [2.05, 4.69) is 23.1 Å². The molecule has 0 radical (unpaired) electrons. The number of carbonyl (C=O) groups excluding carboxylic acids is 1. The second-order valence-corrected chi connectivity index (χ2v) is 9.43. The molecule has 2 aliphatic heterocycles. The van der Waals surface area contributed by atoms with E-state index in [9.17, 15) is 9.90 Å². The van der Waals surface area contributed by atoms with Gasteiger partial charge < -0.3 is 10.0 Å². The monoisotopic (exact) mass is 421 g/mol. The van der Waals surface area contributed by atoms with E-state index in [0.29, 0.717) is 6.04 Å². The van der Waals surface area contributed by atoms with Crippen molar-refractivity contribution in [2.24, 2.45) is 5.92 Å². The number of hydrogen-bond donors (Lipinski definition) is 1. The van der Waals surface area contributed by atoms with Crippen LogP contribution in [0.5, 0.6) is 0 Å². The van der Waals surface area contributed by atoms with Gasteiger partial charge in [0.1, 0.15) is 0 Å².